The summed E-state index contributed by atoms with van der Waals surface area (Å²) >= 11 is 4.84. The highest BCUT2D eigenvalue weighted by Crippen LogP contribution is 2.16. The van der Waals surface area contributed by atoms with E-state index >= 15 is 0 Å². The second kappa shape index (κ2) is 3.23. The molecular formula is C10H6O3S. The predicted molar refractivity (Wildman–Crippen MR) is 54.0 cm³/mol. The van der Waals surface area contributed by atoms with Gasteiger partial charge in [-0.25, -0.2) is 4.79 Å². The van der Waals surface area contributed by atoms with Crippen molar-refractivity contribution in [3.05, 3.63) is 40.6 Å². The van der Waals surface area contributed by atoms with E-state index < -0.39 is 5.97 Å². The van der Waals surface area contributed by atoms with E-state index in [0.29, 0.717) is 10.3 Å². The first-order chi connectivity index (χ1) is 6.66. The Labute approximate surface area is 84.6 Å². The van der Waals surface area contributed by atoms with Crippen molar-refractivity contribution in [3.63, 3.8) is 0 Å². The van der Waals surface area contributed by atoms with Crippen molar-refractivity contribution in [2.45, 2.75) is 0 Å². The van der Waals surface area contributed by atoms with E-state index in [1.807, 2.05) is 0 Å². The fourth-order valence-corrected chi connectivity index (χ4v) is 1.36. The lowest BCUT2D eigenvalue weighted by Gasteiger charge is -1.97. The maximum absolute atomic E-state index is 10.7. The molecule has 0 radical (unpaired) electrons. The molecule has 0 unspecified atom stereocenters. The fraction of sp³-hybridized carbons (Fsp3) is 0. The molecule has 1 N–H and O–H groups in total. The number of hydrogen-bond acceptors (Lipinski definition) is 3. The average molecular weight is 206 g/mol. The van der Waals surface area contributed by atoms with Crippen LogP contribution in [0.3, 0.4) is 0 Å². The van der Waals surface area contributed by atoms with Gasteiger partial charge in [0, 0.05) is 5.39 Å². The molecule has 4 heteroatoms. The standard InChI is InChI=1S/C10H6O3S/c11-10(12)7-1-3-8-6(5-7)2-4-9(14)13-8/h1-5H,(H,11,12). The minimum absolute atomic E-state index is 0.241. The Kier molecular flexibility index (Phi) is 2.05. The maximum Gasteiger partial charge on any atom is 0.335 e. The Morgan fingerprint density at radius 2 is 2.07 bits per heavy atom. The topological polar surface area (TPSA) is 50.4 Å². The summed E-state index contributed by atoms with van der Waals surface area (Å²) in [6.45, 7) is 0. The number of fused-ring (bicyclic) bond motifs is 1. The van der Waals surface area contributed by atoms with Crippen LogP contribution in [0.25, 0.3) is 11.0 Å². The maximum atomic E-state index is 10.7. The molecule has 0 atom stereocenters. The second-order valence-electron chi connectivity index (χ2n) is 2.81. The van der Waals surface area contributed by atoms with Crippen LogP contribution in [0.2, 0.25) is 0 Å². The van der Waals surface area contributed by atoms with Crippen molar-refractivity contribution in [1.82, 2.24) is 0 Å². The summed E-state index contributed by atoms with van der Waals surface area (Å²) in [6.07, 6.45) is 0. The normalized spacial score (nSPS) is 10.3. The molecule has 14 heavy (non-hydrogen) atoms. The first-order valence-corrected chi connectivity index (χ1v) is 4.35. The van der Waals surface area contributed by atoms with Crippen LogP contribution in [0, 0.1) is 4.71 Å². The third-order valence-corrected chi connectivity index (χ3v) is 2.09. The van der Waals surface area contributed by atoms with Crippen LogP contribution in [-0.2, 0) is 0 Å². The zero-order chi connectivity index (χ0) is 10.1. The molecule has 3 nitrogen and oxygen atoms in total. The lowest BCUT2D eigenvalue weighted by Crippen LogP contribution is -1.94. The summed E-state index contributed by atoms with van der Waals surface area (Å²) in [5, 5.41) is 9.48. The Morgan fingerprint density at radius 1 is 1.29 bits per heavy atom. The third kappa shape index (κ3) is 1.52. The molecule has 0 amide bonds. The molecule has 0 bridgehead atoms. The molecule has 2 rings (SSSR count). The van der Waals surface area contributed by atoms with Gasteiger partial charge in [0.25, 0.3) is 0 Å². The quantitative estimate of drug-likeness (QED) is 0.729. The van der Waals surface area contributed by atoms with E-state index in [1.54, 1.807) is 24.3 Å². The van der Waals surface area contributed by atoms with E-state index in [0.717, 1.165) is 5.39 Å². The van der Waals surface area contributed by atoms with E-state index in [-0.39, 0.29) is 5.56 Å². The highest BCUT2D eigenvalue weighted by molar-refractivity contribution is 7.71. The van der Waals surface area contributed by atoms with Crippen LogP contribution in [0.1, 0.15) is 10.4 Å². The number of aromatic carboxylic acids is 1. The largest absolute Gasteiger partial charge is 0.478 e. The number of carbonyl (C=O) groups is 1. The molecule has 1 aromatic heterocycles. The van der Waals surface area contributed by atoms with E-state index in [1.165, 1.54) is 6.07 Å². The van der Waals surface area contributed by atoms with Crippen molar-refractivity contribution >= 4 is 29.2 Å². The van der Waals surface area contributed by atoms with Gasteiger partial charge in [-0.05, 0) is 42.5 Å². The highest BCUT2D eigenvalue weighted by atomic mass is 32.1. The minimum atomic E-state index is -0.950. The molecule has 1 aromatic carbocycles. The summed E-state index contributed by atoms with van der Waals surface area (Å²) in [4.78, 5) is 10.7. The molecule has 70 valence electrons. The highest BCUT2D eigenvalue weighted by Gasteiger charge is 2.03. The lowest BCUT2D eigenvalue weighted by atomic mass is 10.1. The Hall–Kier alpha value is -1.68. The van der Waals surface area contributed by atoms with Gasteiger partial charge in [0.2, 0.25) is 0 Å². The molecular weight excluding hydrogens is 200 g/mol. The van der Waals surface area contributed by atoms with Gasteiger partial charge in [-0.1, -0.05) is 0 Å². The number of benzene rings is 1. The summed E-state index contributed by atoms with van der Waals surface area (Å²) < 4.78 is 5.61. The van der Waals surface area contributed by atoms with Gasteiger partial charge >= 0.3 is 5.97 Å². The Morgan fingerprint density at radius 3 is 2.79 bits per heavy atom. The zero-order valence-electron chi connectivity index (χ0n) is 7.06. The summed E-state index contributed by atoms with van der Waals surface area (Å²) in [5.74, 6) is -0.950. The number of rotatable bonds is 1. The van der Waals surface area contributed by atoms with Gasteiger partial charge in [-0.3, -0.25) is 0 Å². The van der Waals surface area contributed by atoms with Crippen LogP contribution in [0.5, 0.6) is 0 Å². The van der Waals surface area contributed by atoms with Crippen molar-refractivity contribution in [2.75, 3.05) is 0 Å². The van der Waals surface area contributed by atoms with Gasteiger partial charge < -0.3 is 9.52 Å². The van der Waals surface area contributed by atoms with Crippen molar-refractivity contribution in [2.24, 2.45) is 0 Å². The zero-order valence-corrected chi connectivity index (χ0v) is 7.88. The van der Waals surface area contributed by atoms with E-state index in [2.05, 4.69) is 0 Å². The first kappa shape index (κ1) is 8.90. The summed E-state index contributed by atoms with van der Waals surface area (Å²) in [7, 11) is 0. The van der Waals surface area contributed by atoms with Crippen molar-refractivity contribution in [1.29, 1.82) is 0 Å². The van der Waals surface area contributed by atoms with Crippen LogP contribution < -0.4 is 0 Å². The van der Waals surface area contributed by atoms with Crippen LogP contribution in [-0.4, -0.2) is 11.1 Å². The molecule has 0 aliphatic rings. The monoisotopic (exact) mass is 206 g/mol. The predicted octanol–water partition coefficient (Wildman–Crippen LogP) is 2.86. The second-order valence-corrected chi connectivity index (χ2v) is 3.21. The number of carboxylic acids is 1. The molecule has 0 aliphatic heterocycles. The third-order valence-electron chi connectivity index (χ3n) is 1.87. The van der Waals surface area contributed by atoms with Gasteiger partial charge in [0.15, 0.2) is 4.71 Å². The van der Waals surface area contributed by atoms with Gasteiger partial charge in [-0.15, -0.1) is 0 Å². The van der Waals surface area contributed by atoms with Crippen LogP contribution in [0.4, 0.5) is 0 Å². The number of carboxylic acid groups (broad SMARTS) is 1. The molecule has 0 saturated carbocycles. The minimum Gasteiger partial charge on any atom is -0.478 e. The lowest BCUT2D eigenvalue weighted by molar-refractivity contribution is 0.0697. The molecule has 0 saturated heterocycles. The Bertz CT molecular complexity index is 557. The molecule has 1 heterocycles. The molecule has 0 fully saturated rings. The van der Waals surface area contributed by atoms with Crippen molar-refractivity contribution in [3.8, 4) is 0 Å². The Balaban J connectivity index is 2.73. The SMILES string of the molecule is O=C(O)c1ccc2oc(=S)ccc2c1. The molecule has 2 aromatic rings. The molecule has 0 spiro atoms. The van der Waals surface area contributed by atoms with Gasteiger partial charge in [-0.2, -0.15) is 0 Å². The van der Waals surface area contributed by atoms with Crippen molar-refractivity contribution < 1.29 is 14.3 Å². The van der Waals surface area contributed by atoms with Gasteiger partial charge in [0.05, 0.1) is 5.56 Å². The smallest absolute Gasteiger partial charge is 0.335 e. The van der Waals surface area contributed by atoms with Gasteiger partial charge in [0.1, 0.15) is 5.58 Å². The van der Waals surface area contributed by atoms with Crippen LogP contribution in [0.15, 0.2) is 34.7 Å². The summed E-state index contributed by atoms with van der Waals surface area (Å²) in [5.41, 5.74) is 0.840. The summed E-state index contributed by atoms with van der Waals surface area (Å²) in [6, 6.07) is 8.02. The van der Waals surface area contributed by atoms with E-state index in [4.69, 9.17) is 21.7 Å². The molecule has 0 aliphatic carbocycles. The average Bonchev–Trinajstić information content (AvgIpc) is 2.16. The number of hydrogen-bond donors (Lipinski definition) is 1. The first-order valence-electron chi connectivity index (χ1n) is 3.94. The van der Waals surface area contributed by atoms with E-state index in [9.17, 15) is 4.79 Å². The fourth-order valence-electron chi connectivity index (χ4n) is 1.20. The van der Waals surface area contributed by atoms with Crippen LogP contribution >= 0.6 is 12.2 Å².